The van der Waals surface area contributed by atoms with E-state index in [1.165, 1.54) is 7.11 Å². The number of Topliss-reactive ketones (excluding diaryl/α,β-unsaturated/α-hetero) is 2. The van der Waals surface area contributed by atoms with Crippen LogP contribution in [0.15, 0.2) is 12.2 Å². The Morgan fingerprint density at radius 1 is 1.11 bits per heavy atom. The van der Waals surface area contributed by atoms with E-state index in [0.717, 1.165) is 6.29 Å². The highest BCUT2D eigenvalue weighted by molar-refractivity contribution is 5.95. The Kier molecular flexibility index (Phi) is 4.44. The van der Waals surface area contributed by atoms with Crippen LogP contribution < -0.4 is 0 Å². The van der Waals surface area contributed by atoms with Gasteiger partial charge in [0.1, 0.15) is 17.9 Å². The van der Waals surface area contributed by atoms with Crippen LogP contribution in [0.1, 0.15) is 39.5 Å². The van der Waals surface area contributed by atoms with Gasteiger partial charge in [-0.15, -0.1) is 0 Å². The molecule has 4 rings (SSSR count). The van der Waals surface area contributed by atoms with E-state index in [-0.39, 0.29) is 23.9 Å². The molecule has 3 fully saturated rings. The number of allylic oxidation sites excluding steroid dienone is 1. The molecule has 1 saturated heterocycles. The molecule has 5 atom stereocenters. The average Bonchev–Trinajstić information content (AvgIpc) is 3.10. The van der Waals surface area contributed by atoms with Crippen molar-refractivity contribution in [2.24, 2.45) is 28.6 Å². The largest absolute Gasteiger partial charge is 0.376 e. The van der Waals surface area contributed by atoms with Gasteiger partial charge in [-0.1, -0.05) is 26.0 Å². The first-order valence-corrected chi connectivity index (χ1v) is 9.80. The smallest absolute Gasteiger partial charge is 0.169 e. The van der Waals surface area contributed by atoms with Crippen LogP contribution in [0.2, 0.25) is 0 Å². The molecule has 4 aliphatic rings. The minimum absolute atomic E-state index is 0.00475. The van der Waals surface area contributed by atoms with E-state index in [1.54, 1.807) is 0 Å². The maximum absolute atomic E-state index is 13.8. The highest BCUT2D eigenvalue weighted by atomic mass is 16.7. The summed E-state index contributed by atoms with van der Waals surface area (Å²) >= 11 is 0. The summed E-state index contributed by atoms with van der Waals surface area (Å²) < 4.78 is 17.3. The molecule has 1 aliphatic heterocycles. The van der Waals surface area contributed by atoms with Crippen molar-refractivity contribution in [2.45, 2.75) is 51.4 Å². The highest BCUT2D eigenvalue weighted by Crippen LogP contribution is 2.57. The lowest BCUT2D eigenvalue weighted by atomic mass is 9.50. The first-order chi connectivity index (χ1) is 12.8. The van der Waals surface area contributed by atoms with Gasteiger partial charge in [-0.25, -0.2) is 0 Å². The summed E-state index contributed by atoms with van der Waals surface area (Å²) in [5.41, 5.74) is -1.61. The second-order valence-electron chi connectivity index (χ2n) is 9.09. The third-order valence-electron chi connectivity index (χ3n) is 7.53. The number of hydrogen-bond donors (Lipinski definition) is 0. The van der Waals surface area contributed by atoms with Gasteiger partial charge >= 0.3 is 0 Å². The topological polar surface area (TPSA) is 78.9 Å². The summed E-state index contributed by atoms with van der Waals surface area (Å²) in [6, 6.07) is 0. The fourth-order valence-electron chi connectivity index (χ4n) is 5.90. The molecule has 2 saturated carbocycles. The van der Waals surface area contributed by atoms with Crippen LogP contribution in [-0.2, 0) is 28.6 Å². The van der Waals surface area contributed by atoms with Crippen molar-refractivity contribution in [1.82, 2.24) is 0 Å². The summed E-state index contributed by atoms with van der Waals surface area (Å²) in [7, 11) is 1.52. The second kappa shape index (κ2) is 6.33. The molecule has 0 unspecified atom stereocenters. The Balaban J connectivity index is 1.83. The fraction of sp³-hybridized carbons (Fsp3) is 0.762. The van der Waals surface area contributed by atoms with Crippen LogP contribution in [0.25, 0.3) is 0 Å². The molecule has 0 aromatic heterocycles. The maximum Gasteiger partial charge on any atom is 0.169 e. The molecule has 0 amide bonds. The van der Waals surface area contributed by atoms with Crippen molar-refractivity contribution >= 4 is 17.9 Å². The number of ether oxygens (including phenoxy) is 3. The summed E-state index contributed by atoms with van der Waals surface area (Å²) in [4.78, 5) is 39.5. The quantitative estimate of drug-likeness (QED) is 0.542. The lowest BCUT2D eigenvalue weighted by molar-refractivity contribution is -0.224. The molecule has 3 aliphatic carbocycles. The van der Waals surface area contributed by atoms with E-state index in [4.69, 9.17) is 14.2 Å². The normalized spacial score (nSPS) is 42.5. The molecule has 1 spiro atoms. The standard InChI is InChI=1S/C21H28O6/c1-19(2)14-9-21(26-7-8-27-21)10-15(19)18(24)13-5-4-6-17(25-3)20(13,12-22)11-16(14)23/h4,6,12-15,17H,5,7-11H2,1-3H3/t13-,14-,15+,17+,20-/m0/s1. The summed E-state index contributed by atoms with van der Waals surface area (Å²) in [5.74, 6) is -2.15. The van der Waals surface area contributed by atoms with E-state index < -0.39 is 34.6 Å². The van der Waals surface area contributed by atoms with Crippen LogP contribution in [0.5, 0.6) is 0 Å². The zero-order chi connectivity index (χ0) is 19.4. The van der Waals surface area contributed by atoms with Gasteiger partial charge in [0.15, 0.2) is 5.79 Å². The van der Waals surface area contributed by atoms with Crippen molar-refractivity contribution in [3.63, 3.8) is 0 Å². The molecule has 0 N–H and O–H groups in total. The van der Waals surface area contributed by atoms with Gasteiger partial charge in [0, 0.05) is 44.1 Å². The molecule has 2 bridgehead atoms. The van der Waals surface area contributed by atoms with E-state index in [9.17, 15) is 14.4 Å². The van der Waals surface area contributed by atoms with E-state index in [0.29, 0.717) is 32.5 Å². The molecule has 148 valence electrons. The van der Waals surface area contributed by atoms with Crippen LogP contribution >= 0.6 is 0 Å². The van der Waals surface area contributed by atoms with Gasteiger partial charge in [-0.2, -0.15) is 0 Å². The van der Waals surface area contributed by atoms with E-state index in [2.05, 4.69) is 0 Å². The maximum atomic E-state index is 13.8. The average molecular weight is 376 g/mol. The zero-order valence-corrected chi connectivity index (χ0v) is 16.2. The lowest BCUT2D eigenvalue weighted by Crippen LogP contribution is -2.61. The molecular weight excluding hydrogens is 348 g/mol. The number of rotatable bonds is 2. The molecule has 1 heterocycles. The molecule has 0 radical (unpaired) electrons. The summed E-state index contributed by atoms with van der Waals surface area (Å²) in [6.45, 7) is 4.97. The van der Waals surface area contributed by atoms with Gasteiger partial charge in [-0.3, -0.25) is 9.59 Å². The van der Waals surface area contributed by atoms with Crippen molar-refractivity contribution < 1.29 is 28.6 Å². The van der Waals surface area contributed by atoms with Crippen molar-refractivity contribution in [3.05, 3.63) is 12.2 Å². The minimum Gasteiger partial charge on any atom is -0.376 e. The molecular formula is C21H28O6. The number of hydrogen-bond acceptors (Lipinski definition) is 6. The number of fused-ring (bicyclic) bond motifs is 3. The Morgan fingerprint density at radius 3 is 2.41 bits per heavy atom. The van der Waals surface area contributed by atoms with E-state index >= 15 is 0 Å². The Morgan fingerprint density at radius 2 is 1.78 bits per heavy atom. The number of ketones is 2. The van der Waals surface area contributed by atoms with Crippen molar-refractivity contribution in [2.75, 3.05) is 20.3 Å². The molecule has 27 heavy (non-hydrogen) atoms. The Labute approximate surface area is 159 Å². The van der Waals surface area contributed by atoms with Gasteiger partial charge in [0.2, 0.25) is 0 Å². The predicted molar refractivity (Wildman–Crippen MR) is 95.8 cm³/mol. The Bertz CT molecular complexity index is 689. The van der Waals surface area contributed by atoms with Gasteiger partial charge in [0.25, 0.3) is 0 Å². The Hall–Kier alpha value is -1.37. The summed E-state index contributed by atoms with van der Waals surface area (Å²) in [5, 5.41) is 0. The minimum atomic E-state index is -1.12. The van der Waals surface area contributed by atoms with Crippen LogP contribution in [0, 0.1) is 28.6 Å². The molecule has 6 heteroatoms. The first kappa shape index (κ1) is 19.0. The first-order valence-electron chi connectivity index (χ1n) is 9.80. The molecule has 6 nitrogen and oxygen atoms in total. The van der Waals surface area contributed by atoms with E-state index in [1.807, 2.05) is 26.0 Å². The molecule has 0 aromatic rings. The third kappa shape index (κ3) is 2.60. The lowest BCUT2D eigenvalue weighted by Gasteiger charge is -2.54. The van der Waals surface area contributed by atoms with Crippen LogP contribution in [0.3, 0.4) is 0 Å². The highest BCUT2D eigenvalue weighted by Gasteiger charge is 2.63. The van der Waals surface area contributed by atoms with Gasteiger partial charge < -0.3 is 19.0 Å². The van der Waals surface area contributed by atoms with Crippen LogP contribution in [0.4, 0.5) is 0 Å². The van der Waals surface area contributed by atoms with Crippen molar-refractivity contribution in [3.8, 4) is 0 Å². The monoisotopic (exact) mass is 376 g/mol. The fourth-order valence-corrected chi connectivity index (χ4v) is 5.90. The third-order valence-corrected chi connectivity index (χ3v) is 7.53. The van der Waals surface area contributed by atoms with Gasteiger partial charge in [-0.05, 0) is 11.8 Å². The molecule has 0 aromatic carbocycles. The van der Waals surface area contributed by atoms with Crippen LogP contribution in [-0.4, -0.2) is 50.1 Å². The SMILES string of the molecule is CO[C@@H]1C=CC[C@H]2C(=O)[C@H]3CC4(C[C@@H](C(=O)C[C@@]12C=O)C3(C)C)OCCO4. The van der Waals surface area contributed by atoms with Gasteiger partial charge in [0.05, 0.1) is 24.7 Å². The van der Waals surface area contributed by atoms with Crippen molar-refractivity contribution in [1.29, 1.82) is 0 Å². The predicted octanol–water partition coefficient (Wildman–Crippen LogP) is 2.10. The number of methoxy groups -OCH3 is 1. The number of carbonyl (C=O) groups is 3. The number of aldehydes is 1. The zero-order valence-electron chi connectivity index (χ0n) is 16.2. The number of carbonyl (C=O) groups excluding carboxylic acids is 3. The summed E-state index contributed by atoms with van der Waals surface area (Å²) in [6.07, 6.45) is 5.32. The second-order valence-corrected chi connectivity index (χ2v) is 9.09.